The predicted octanol–water partition coefficient (Wildman–Crippen LogP) is 2.68. The lowest BCUT2D eigenvalue weighted by Crippen LogP contribution is -2.06. The van der Waals surface area contributed by atoms with Crippen LogP contribution >= 0.6 is 0 Å². The number of hydrogen-bond donors (Lipinski definition) is 1. The molecule has 0 heterocycles. The average molecular weight is 200 g/mol. The lowest BCUT2D eigenvalue weighted by Gasteiger charge is -2.09. The molecule has 2 nitrogen and oxygen atoms in total. The minimum atomic E-state index is -0.208. The van der Waals surface area contributed by atoms with Crippen molar-refractivity contribution in [2.75, 3.05) is 7.11 Å². The van der Waals surface area contributed by atoms with Crippen LogP contribution in [0, 0.1) is 6.92 Å². The van der Waals surface area contributed by atoms with Crippen LogP contribution in [0.25, 0.3) is 10.8 Å². The van der Waals surface area contributed by atoms with Gasteiger partial charge in [-0.1, -0.05) is 24.3 Å². The molecule has 76 valence electrons. The fourth-order valence-electron chi connectivity index (χ4n) is 1.80. The molecule has 0 aromatic heterocycles. The normalized spacial score (nSPS) is 12.7. The molecule has 1 atom stereocenters. The second kappa shape index (κ2) is 3.83. The van der Waals surface area contributed by atoms with Crippen LogP contribution < -0.4 is 10.5 Å². The molecule has 1 unspecified atom stereocenters. The summed E-state index contributed by atoms with van der Waals surface area (Å²) in [4.78, 5) is 0. The number of ether oxygens (including phenoxy) is 1. The highest BCUT2D eigenvalue weighted by Crippen LogP contribution is 2.30. The number of methoxy groups -OCH3 is 1. The maximum atomic E-state index is 5.82. The van der Waals surface area contributed by atoms with Gasteiger partial charge in [-0.15, -0.1) is 0 Å². The molecule has 0 spiro atoms. The van der Waals surface area contributed by atoms with Gasteiger partial charge in [0.15, 0.2) is 6.04 Å². The van der Waals surface area contributed by atoms with E-state index in [2.05, 4.69) is 6.92 Å². The third-order valence-corrected chi connectivity index (χ3v) is 2.54. The van der Waals surface area contributed by atoms with Crippen molar-refractivity contribution in [3.05, 3.63) is 48.9 Å². The summed E-state index contributed by atoms with van der Waals surface area (Å²) in [6.07, 6.45) is 0. The summed E-state index contributed by atoms with van der Waals surface area (Å²) in [5.74, 6) is 0.870. The van der Waals surface area contributed by atoms with Gasteiger partial charge in [-0.2, -0.15) is 0 Å². The largest absolute Gasteiger partial charge is 0.496 e. The Morgan fingerprint density at radius 3 is 2.40 bits per heavy atom. The molecule has 0 aliphatic rings. The fraction of sp³-hybridized carbons (Fsp3) is 0.154. The van der Waals surface area contributed by atoms with Crippen molar-refractivity contribution < 1.29 is 4.74 Å². The van der Waals surface area contributed by atoms with Crippen LogP contribution in [0.4, 0.5) is 0 Å². The van der Waals surface area contributed by atoms with Gasteiger partial charge in [0.1, 0.15) is 5.75 Å². The number of nitrogens with two attached hydrogens (primary N) is 1. The molecule has 0 saturated heterocycles. The molecule has 2 aromatic carbocycles. The molecule has 0 fully saturated rings. The van der Waals surface area contributed by atoms with Gasteiger partial charge in [0, 0.05) is 10.9 Å². The molecule has 0 bridgehead atoms. The van der Waals surface area contributed by atoms with E-state index in [9.17, 15) is 0 Å². The van der Waals surface area contributed by atoms with Gasteiger partial charge in [0.25, 0.3) is 0 Å². The average Bonchev–Trinajstić information content (AvgIpc) is 2.27. The van der Waals surface area contributed by atoms with Gasteiger partial charge < -0.3 is 4.74 Å². The van der Waals surface area contributed by atoms with Crippen LogP contribution in [0.3, 0.4) is 0 Å². The van der Waals surface area contributed by atoms with Crippen LogP contribution in [0.1, 0.15) is 11.6 Å². The van der Waals surface area contributed by atoms with Crippen LogP contribution in [0.5, 0.6) is 5.75 Å². The highest BCUT2D eigenvalue weighted by molar-refractivity contribution is 5.91. The highest BCUT2D eigenvalue weighted by atomic mass is 16.5. The van der Waals surface area contributed by atoms with Crippen LogP contribution in [0.15, 0.2) is 36.4 Å². The van der Waals surface area contributed by atoms with E-state index in [4.69, 9.17) is 10.5 Å². The van der Waals surface area contributed by atoms with Crippen molar-refractivity contribution in [3.63, 3.8) is 0 Å². The van der Waals surface area contributed by atoms with Crippen molar-refractivity contribution in [1.29, 1.82) is 0 Å². The van der Waals surface area contributed by atoms with Crippen LogP contribution in [-0.2, 0) is 0 Å². The topological polar surface area (TPSA) is 35.2 Å². The van der Waals surface area contributed by atoms with E-state index in [-0.39, 0.29) is 6.04 Å². The van der Waals surface area contributed by atoms with Gasteiger partial charge in [-0.05, 0) is 17.5 Å². The lowest BCUT2D eigenvalue weighted by molar-refractivity contribution is 0.419. The van der Waals surface area contributed by atoms with Gasteiger partial charge in [-0.25, -0.2) is 0 Å². The Labute approximate surface area is 89.7 Å². The molecule has 0 aliphatic carbocycles. The van der Waals surface area contributed by atoms with Crippen LogP contribution in [-0.4, -0.2) is 7.11 Å². The van der Waals surface area contributed by atoms with Crippen molar-refractivity contribution in [3.8, 4) is 5.75 Å². The molecule has 0 radical (unpaired) electrons. The highest BCUT2D eigenvalue weighted by Gasteiger charge is 2.11. The Kier molecular flexibility index (Phi) is 2.52. The van der Waals surface area contributed by atoms with Gasteiger partial charge in [0.05, 0.1) is 14.0 Å². The van der Waals surface area contributed by atoms with Crippen molar-refractivity contribution in [2.24, 2.45) is 5.73 Å². The lowest BCUT2D eigenvalue weighted by atomic mass is 9.99. The SMILES string of the molecule is [CH2+]C(N)c1ccc(OC)c2ccccc12. The van der Waals surface area contributed by atoms with E-state index in [1.54, 1.807) is 7.11 Å². The summed E-state index contributed by atoms with van der Waals surface area (Å²) in [5, 5.41) is 2.19. The van der Waals surface area contributed by atoms with E-state index in [1.807, 2.05) is 36.4 Å². The van der Waals surface area contributed by atoms with E-state index in [0.29, 0.717) is 0 Å². The predicted molar refractivity (Wildman–Crippen MR) is 62.8 cm³/mol. The molecule has 2 aromatic rings. The van der Waals surface area contributed by atoms with Gasteiger partial charge in [-0.3, -0.25) is 5.73 Å². The first-order valence-electron chi connectivity index (χ1n) is 4.88. The van der Waals surface area contributed by atoms with Crippen molar-refractivity contribution >= 4 is 10.8 Å². The van der Waals surface area contributed by atoms with Gasteiger partial charge in [0.2, 0.25) is 0 Å². The smallest absolute Gasteiger partial charge is 0.170 e. The van der Waals surface area contributed by atoms with E-state index in [1.165, 1.54) is 0 Å². The molecule has 2 rings (SSSR count). The van der Waals surface area contributed by atoms with Crippen LogP contribution in [0.2, 0.25) is 0 Å². The maximum Gasteiger partial charge on any atom is 0.170 e. The van der Waals surface area contributed by atoms with E-state index < -0.39 is 0 Å². The minimum Gasteiger partial charge on any atom is -0.496 e. The Bertz CT molecular complexity index is 477. The van der Waals surface area contributed by atoms with E-state index in [0.717, 1.165) is 22.1 Å². The Balaban J connectivity index is 2.77. The summed E-state index contributed by atoms with van der Waals surface area (Å²) in [6, 6.07) is 11.7. The molecule has 0 aliphatic heterocycles. The number of hydrogen-bond acceptors (Lipinski definition) is 2. The Hall–Kier alpha value is -1.67. The third-order valence-electron chi connectivity index (χ3n) is 2.54. The first-order chi connectivity index (χ1) is 7.24. The van der Waals surface area contributed by atoms with E-state index >= 15 is 0 Å². The van der Waals surface area contributed by atoms with Crippen molar-refractivity contribution in [1.82, 2.24) is 0 Å². The zero-order valence-electron chi connectivity index (χ0n) is 8.73. The molecular formula is C13H14NO+. The second-order valence-electron chi connectivity index (χ2n) is 3.51. The molecule has 0 amide bonds. The standard InChI is InChI=1S/C13H14NO/c1-9(14)10-7-8-13(15-2)12-6-4-3-5-11(10)12/h3-9H,1,14H2,2H3/q+1. The monoisotopic (exact) mass is 200 g/mol. The molecular weight excluding hydrogens is 186 g/mol. The third kappa shape index (κ3) is 1.64. The summed E-state index contributed by atoms with van der Waals surface area (Å²) < 4.78 is 5.30. The minimum absolute atomic E-state index is 0.208. The fourth-order valence-corrected chi connectivity index (χ4v) is 1.80. The molecule has 15 heavy (non-hydrogen) atoms. The maximum absolute atomic E-state index is 5.82. The Morgan fingerprint density at radius 1 is 1.13 bits per heavy atom. The first-order valence-corrected chi connectivity index (χ1v) is 4.88. The summed E-state index contributed by atoms with van der Waals surface area (Å²) in [6.45, 7) is 3.85. The number of fused-ring (bicyclic) bond motifs is 1. The number of benzene rings is 2. The second-order valence-corrected chi connectivity index (χ2v) is 3.51. The van der Waals surface area contributed by atoms with Crippen molar-refractivity contribution in [2.45, 2.75) is 6.04 Å². The summed E-state index contributed by atoms with van der Waals surface area (Å²) in [5.41, 5.74) is 6.87. The molecule has 0 saturated carbocycles. The number of rotatable bonds is 2. The van der Waals surface area contributed by atoms with Gasteiger partial charge >= 0.3 is 0 Å². The molecule has 2 heteroatoms. The Morgan fingerprint density at radius 2 is 1.80 bits per heavy atom. The zero-order chi connectivity index (χ0) is 10.8. The zero-order valence-corrected chi connectivity index (χ0v) is 8.73. The summed E-state index contributed by atoms with van der Waals surface area (Å²) >= 11 is 0. The first kappa shape index (κ1) is 9.87. The summed E-state index contributed by atoms with van der Waals surface area (Å²) in [7, 11) is 1.67. The quantitative estimate of drug-likeness (QED) is 0.756. The molecule has 2 N–H and O–H groups in total.